The van der Waals surface area contributed by atoms with Gasteiger partial charge in [-0.05, 0) is 17.7 Å². The van der Waals surface area contributed by atoms with Crippen LogP contribution in [0.25, 0.3) is 0 Å². The fourth-order valence-electron chi connectivity index (χ4n) is 1.16. The van der Waals surface area contributed by atoms with Crippen molar-refractivity contribution >= 4 is 11.6 Å². The summed E-state index contributed by atoms with van der Waals surface area (Å²) in [6.45, 7) is 4.56. The molecule has 0 aliphatic carbocycles. The molecule has 3 heteroatoms. The van der Waals surface area contributed by atoms with E-state index < -0.39 is 0 Å². The Morgan fingerprint density at radius 1 is 1.46 bits per heavy atom. The fourth-order valence-corrected chi connectivity index (χ4v) is 1.59. The zero-order valence-electron chi connectivity index (χ0n) is 7.84. The number of rotatable bonds is 2. The Hall–Kier alpha value is -0.730. The van der Waals surface area contributed by atoms with Crippen molar-refractivity contribution in [2.24, 2.45) is 5.73 Å². The summed E-state index contributed by atoms with van der Waals surface area (Å²) in [5.41, 5.74) is 6.44. The summed E-state index contributed by atoms with van der Waals surface area (Å²) in [6.07, 6.45) is 0. The van der Waals surface area contributed by atoms with Crippen LogP contribution in [0.4, 0.5) is 0 Å². The van der Waals surface area contributed by atoms with Gasteiger partial charge in [-0.3, -0.25) is 0 Å². The van der Waals surface area contributed by atoms with E-state index in [0.717, 1.165) is 5.56 Å². The number of benzene rings is 1. The third kappa shape index (κ3) is 2.14. The van der Waals surface area contributed by atoms with Crippen LogP contribution >= 0.6 is 11.6 Å². The van der Waals surface area contributed by atoms with Crippen molar-refractivity contribution in [2.45, 2.75) is 19.3 Å². The van der Waals surface area contributed by atoms with Gasteiger partial charge >= 0.3 is 0 Å². The topological polar surface area (TPSA) is 46.2 Å². The van der Waals surface area contributed by atoms with E-state index in [0.29, 0.717) is 11.6 Å². The molecule has 0 aromatic heterocycles. The molecule has 1 aromatic carbocycles. The number of phenolic OH excluding ortho intramolecular Hbond substituents is 1. The lowest BCUT2D eigenvalue weighted by molar-refractivity contribution is 0.473. The van der Waals surface area contributed by atoms with Crippen LogP contribution in [0, 0.1) is 0 Å². The van der Waals surface area contributed by atoms with E-state index in [2.05, 4.69) is 0 Å². The molecular weight excluding hydrogens is 186 g/mol. The molecule has 0 unspecified atom stereocenters. The van der Waals surface area contributed by atoms with Crippen LogP contribution in [-0.4, -0.2) is 11.7 Å². The van der Waals surface area contributed by atoms with Crippen molar-refractivity contribution in [2.75, 3.05) is 6.54 Å². The van der Waals surface area contributed by atoms with Crippen LogP contribution < -0.4 is 5.73 Å². The Morgan fingerprint density at radius 3 is 2.54 bits per heavy atom. The summed E-state index contributed by atoms with van der Waals surface area (Å²) in [5, 5.41) is 9.73. The van der Waals surface area contributed by atoms with E-state index in [9.17, 15) is 0 Å². The van der Waals surface area contributed by atoms with Gasteiger partial charge in [0.1, 0.15) is 5.75 Å². The highest BCUT2D eigenvalue weighted by atomic mass is 35.5. The Bertz CT molecular complexity index is 310. The predicted molar refractivity (Wildman–Crippen MR) is 55.2 cm³/mol. The molecular formula is C10H14ClNO. The molecule has 3 N–H and O–H groups in total. The molecule has 0 amide bonds. The fraction of sp³-hybridized carbons (Fsp3) is 0.400. The van der Waals surface area contributed by atoms with E-state index in [1.54, 1.807) is 6.07 Å². The molecule has 0 atom stereocenters. The predicted octanol–water partition coefficient (Wildman–Crippen LogP) is 2.28. The van der Waals surface area contributed by atoms with Gasteiger partial charge in [-0.1, -0.05) is 31.5 Å². The minimum absolute atomic E-state index is 0.148. The Kier molecular flexibility index (Phi) is 2.84. The van der Waals surface area contributed by atoms with Crippen LogP contribution in [0.2, 0.25) is 5.02 Å². The average molecular weight is 200 g/mol. The molecule has 13 heavy (non-hydrogen) atoms. The largest absolute Gasteiger partial charge is 0.508 e. The monoisotopic (exact) mass is 199 g/mol. The zero-order valence-corrected chi connectivity index (χ0v) is 8.60. The lowest BCUT2D eigenvalue weighted by Crippen LogP contribution is -2.28. The highest BCUT2D eigenvalue weighted by Gasteiger charge is 2.21. The Labute approximate surface area is 83.3 Å². The third-order valence-electron chi connectivity index (χ3n) is 2.19. The van der Waals surface area contributed by atoms with E-state index in [1.807, 2.05) is 19.9 Å². The standard InChI is InChI=1S/C10H14ClNO/c1-10(2,6-12)8-4-3-7(13)5-9(8)11/h3-5,13H,6,12H2,1-2H3. The molecule has 1 aromatic rings. The van der Waals surface area contributed by atoms with Crippen LogP contribution in [0.3, 0.4) is 0 Å². The average Bonchev–Trinajstić information content (AvgIpc) is 2.03. The highest BCUT2D eigenvalue weighted by Crippen LogP contribution is 2.31. The molecule has 0 radical (unpaired) electrons. The molecule has 1 rings (SSSR count). The van der Waals surface area contributed by atoms with Gasteiger partial charge in [0, 0.05) is 17.0 Å². The quantitative estimate of drug-likeness (QED) is 0.768. The first-order valence-corrected chi connectivity index (χ1v) is 4.54. The highest BCUT2D eigenvalue weighted by molar-refractivity contribution is 6.31. The normalized spacial score (nSPS) is 11.7. The summed E-state index contributed by atoms with van der Waals surface area (Å²) < 4.78 is 0. The number of hydrogen-bond donors (Lipinski definition) is 2. The Morgan fingerprint density at radius 2 is 2.08 bits per heavy atom. The summed E-state index contributed by atoms with van der Waals surface area (Å²) in [5.74, 6) is 0.182. The van der Waals surface area contributed by atoms with Gasteiger partial charge in [-0.15, -0.1) is 0 Å². The smallest absolute Gasteiger partial charge is 0.117 e. The minimum Gasteiger partial charge on any atom is -0.508 e. The second kappa shape index (κ2) is 3.56. The van der Waals surface area contributed by atoms with Gasteiger partial charge in [0.05, 0.1) is 0 Å². The van der Waals surface area contributed by atoms with Crippen LogP contribution in [0.15, 0.2) is 18.2 Å². The summed E-state index contributed by atoms with van der Waals surface area (Å²) >= 11 is 5.98. The number of nitrogens with two attached hydrogens (primary N) is 1. The first-order chi connectivity index (χ1) is 5.97. The maximum Gasteiger partial charge on any atom is 0.117 e. The second-order valence-corrected chi connectivity index (χ2v) is 4.16. The molecule has 0 aliphatic rings. The molecule has 0 bridgehead atoms. The molecule has 72 valence electrons. The molecule has 0 aliphatic heterocycles. The second-order valence-electron chi connectivity index (χ2n) is 3.75. The van der Waals surface area contributed by atoms with Gasteiger partial charge < -0.3 is 10.8 Å². The van der Waals surface area contributed by atoms with Gasteiger partial charge in [0.15, 0.2) is 0 Å². The lowest BCUT2D eigenvalue weighted by atomic mass is 9.85. The van der Waals surface area contributed by atoms with Crippen LogP contribution in [-0.2, 0) is 5.41 Å². The first-order valence-electron chi connectivity index (χ1n) is 4.16. The number of aromatic hydroxyl groups is 1. The maximum atomic E-state index is 9.16. The van der Waals surface area contributed by atoms with Crippen molar-refractivity contribution in [3.05, 3.63) is 28.8 Å². The minimum atomic E-state index is -0.148. The van der Waals surface area contributed by atoms with Crippen molar-refractivity contribution in [3.63, 3.8) is 0 Å². The van der Waals surface area contributed by atoms with Gasteiger partial charge in [0.2, 0.25) is 0 Å². The van der Waals surface area contributed by atoms with E-state index in [-0.39, 0.29) is 11.2 Å². The van der Waals surface area contributed by atoms with Gasteiger partial charge in [0.25, 0.3) is 0 Å². The van der Waals surface area contributed by atoms with Crippen LogP contribution in [0.1, 0.15) is 19.4 Å². The molecule has 0 heterocycles. The number of halogens is 1. The van der Waals surface area contributed by atoms with Crippen molar-refractivity contribution in [1.82, 2.24) is 0 Å². The molecule has 0 saturated carbocycles. The van der Waals surface area contributed by atoms with Crippen molar-refractivity contribution < 1.29 is 5.11 Å². The SMILES string of the molecule is CC(C)(CN)c1ccc(O)cc1Cl. The third-order valence-corrected chi connectivity index (χ3v) is 2.50. The summed E-state index contributed by atoms with van der Waals surface area (Å²) in [7, 11) is 0. The van der Waals surface area contributed by atoms with Gasteiger partial charge in [-0.2, -0.15) is 0 Å². The van der Waals surface area contributed by atoms with E-state index >= 15 is 0 Å². The maximum absolute atomic E-state index is 9.16. The van der Waals surface area contributed by atoms with E-state index in [1.165, 1.54) is 6.07 Å². The molecule has 0 saturated heterocycles. The van der Waals surface area contributed by atoms with Gasteiger partial charge in [-0.25, -0.2) is 0 Å². The van der Waals surface area contributed by atoms with Crippen LogP contribution in [0.5, 0.6) is 5.75 Å². The Balaban J connectivity index is 3.16. The number of phenols is 1. The van der Waals surface area contributed by atoms with Crippen molar-refractivity contribution in [3.8, 4) is 5.75 Å². The summed E-state index contributed by atoms with van der Waals surface area (Å²) in [6, 6.07) is 4.97. The first kappa shape index (κ1) is 10.4. The molecule has 0 fully saturated rings. The molecule has 0 spiro atoms. The van der Waals surface area contributed by atoms with Crippen molar-refractivity contribution in [1.29, 1.82) is 0 Å². The summed E-state index contributed by atoms with van der Waals surface area (Å²) in [4.78, 5) is 0. The van der Waals surface area contributed by atoms with E-state index in [4.69, 9.17) is 22.4 Å². The lowest BCUT2D eigenvalue weighted by Gasteiger charge is -2.24. The molecule has 2 nitrogen and oxygen atoms in total. The zero-order chi connectivity index (χ0) is 10.1. The number of hydrogen-bond acceptors (Lipinski definition) is 2.